The Morgan fingerprint density at radius 1 is 1.07 bits per heavy atom. The maximum atomic E-state index is 12.5. The maximum Gasteiger partial charge on any atom is 0.241 e. The van der Waals surface area contributed by atoms with Crippen molar-refractivity contribution in [2.24, 2.45) is 0 Å². The van der Waals surface area contributed by atoms with Gasteiger partial charge in [0.25, 0.3) is 0 Å². The molecule has 0 aromatic heterocycles. The molecule has 1 N–H and O–H groups in total. The van der Waals surface area contributed by atoms with Crippen LogP contribution in [-0.4, -0.2) is 54.5 Å². The lowest BCUT2D eigenvalue weighted by atomic mass is 10.2. The van der Waals surface area contributed by atoms with Crippen molar-refractivity contribution in [3.8, 4) is 0 Å². The largest absolute Gasteiger partial charge is 0.325 e. The second-order valence-corrected chi connectivity index (χ2v) is 7.26. The fourth-order valence-corrected chi connectivity index (χ4v) is 3.31. The van der Waals surface area contributed by atoms with E-state index in [2.05, 4.69) is 51.5 Å². The van der Waals surface area contributed by atoms with E-state index < -0.39 is 0 Å². The number of rotatable bonds is 6. The molecule has 0 radical (unpaired) electrons. The number of hydrogen-bond acceptors (Lipinski definition) is 3. The molecule has 1 saturated heterocycles. The van der Waals surface area contributed by atoms with Gasteiger partial charge in [-0.3, -0.25) is 14.6 Å². The molecule has 1 fully saturated rings. The van der Waals surface area contributed by atoms with E-state index >= 15 is 0 Å². The minimum Gasteiger partial charge on any atom is -0.325 e. The van der Waals surface area contributed by atoms with Gasteiger partial charge in [0.15, 0.2) is 0 Å². The summed E-state index contributed by atoms with van der Waals surface area (Å²) >= 11 is 5.89. The Balaban J connectivity index is 1.43. The van der Waals surface area contributed by atoms with Gasteiger partial charge in [-0.25, -0.2) is 0 Å². The van der Waals surface area contributed by atoms with Crippen molar-refractivity contribution >= 4 is 29.3 Å². The SMILES string of the molecule is C[C@H](C(=O)Nc1ccc(Cl)cc1)N1CCN(C/C=C/c2ccccc2)CC1. The van der Waals surface area contributed by atoms with Gasteiger partial charge in [-0.15, -0.1) is 0 Å². The van der Waals surface area contributed by atoms with Gasteiger partial charge >= 0.3 is 0 Å². The highest BCUT2D eigenvalue weighted by Gasteiger charge is 2.25. The summed E-state index contributed by atoms with van der Waals surface area (Å²) in [6.07, 6.45) is 4.37. The van der Waals surface area contributed by atoms with Crippen molar-refractivity contribution in [2.45, 2.75) is 13.0 Å². The topological polar surface area (TPSA) is 35.6 Å². The zero-order valence-electron chi connectivity index (χ0n) is 15.6. The molecule has 0 spiro atoms. The van der Waals surface area contributed by atoms with Crippen LogP contribution in [-0.2, 0) is 4.79 Å². The third-order valence-electron chi connectivity index (χ3n) is 4.92. The highest BCUT2D eigenvalue weighted by Crippen LogP contribution is 2.15. The molecule has 1 aliphatic heterocycles. The highest BCUT2D eigenvalue weighted by molar-refractivity contribution is 6.30. The number of nitrogens with zero attached hydrogens (tertiary/aromatic N) is 2. The van der Waals surface area contributed by atoms with Crippen LogP contribution in [0.3, 0.4) is 0 Å². The fourth-order valence-electron chi connectivity index (χ4n) is 3.18. The van der Waals surface area contributed by atoms with Crippen LogP contribution < -0.4 is 5.32 Å². The predicted molar refractivity (Wildman–Crippen MR) is 113 cm³/mol. The first-order valence-electron chi connectivity index (χ1n) is 9.36. The van der Waals surface area contributed by atoms with E-state index in [-0.39, 0.29) is 11.9 Å². The maximum absolute atomic E-state index is 12.5. The molecule has 0 saturated carbocycles. The van der Waals surface area contributed by atoms with E-state index in [1.807, 2.05) is 25.1 Å². The van der Waals surface area contributed by atoms with Crippen molar-refractivity contribution in [3.05, 3.63) is 71.3 Å². The van der Waals surface area contributed by atoms with Crippen molar-refractivity contribution in [3.63, 3.8) is 0 Å². The molecule has 1 heterocycles. The Labute approximate surface area is 166 Å². The fraction of sp³-hybridized carbons (Fsp3) is 0.318. The normalized spacial score (nSPS) is 17.1. The smallest absolute Gasteiger partial charge is 0.241 e. The van der Waals surface area contributed by atoms with E-state index in [4.69, 9.17) is 11.6 Å². The molecule has 2 aromatic carbocycles. The van der Waals surface area contributed by atoms with Gasteiger partial charge in [0, 0.05) is 43.4 Å². The minimum atomic E-state index is -0.150. The van der Waals surface area contributed by atoms with E-state index in [0.29, 0.717) is 5.02 Å². The summed E-state index contributed by atoms with van der Waals surface area (Å²) in [6.45, 7) is 6.64. The number of halogens is 1. The molecule has 5 heteroatoms. The molecule has 0 bridgehead atoms. The summed E-state index contributed by atoms with van der Waals surface area (Å²) < 4.78 is 0. The van der Waals surface area contributed by atoms with Gasteiger partial charge in [-0.2, -0.15) is 0 Å². The van der Waals surface area contributed by atoms with E-state index in [1.165, 1.54) is 5.56 Å². The van der Waals surface area contributed by atoms with Gasteiger partial charge in [0.05, 0.1) is 6.04 Å². The first-order chi connectivity index (χ1) is 13.1. The van der Waals surface area contributed by atoms with Crippen LogP contribution >= 0.6 is 11.6 Å². The number of anilines is 1. The number of carbonyl (C=O) groups is 1. The molecule has 0 unspecified atom stereocenters. The Morgan fingerprint density at radius 2 is 1.74 bits per heavy atom. The third kappa shape index (κ3) is 5.93. The lowest BCUT2D eigenvalue weighted by Crippen LogP contribution is -2.52. The molecule has 1 amide bonds. The molecule has 4 nitrogen and oxygen atoms in total. The van der Waals surface area contributed by atoms with Gasteiger partial charge < -0.3 is 5.32 Å². The third-order valence-corrected chi connectivity index (χ3v) is 5.17. The standard InChI is InChI=1S/C22H26ClN3O/c1-18(22(27)24-21-11-9-20(23)10-12-21)26-16-14-25(15-17-26)13-5-8-19-6-3-2-4-7-19/h2-12,18H,13-17H2,1H3,(H,24,27)/b8-5+/t18-/m1/s1. The van der Waals surface area contributed by atoms with E-state index in [1.54, 1.807) is 12.1 Å². The van der Waals surface area contributed by atoms with Crippen LogP contribution in [0.1, 0.15) is 12.5 Å². The number of nitrogens with one attached hydrogen (secondary N) is 1. The molecule has 2 aromatic rings. The first-order valence-corrected chi connectivity index (χ1v) is 9.74. The summed E-state index contributed by atoms with van der Waals surface area (Å²) in [5, 5.41) is 3.63. The van der Waals surface area contributed by atoms with Crippen molar-refractivity contribution in [2.75, 3.05) is 38.0 Å². The van der Waals surface area contributed by atoms with E-state index in [9.17, 15) is 4.79 Å². The summed E-state index contributed by atoms with van der Waals surface area (Å²) in [7, 11) is 0. The quantitative estimate of drug-likeness (QED) is 0.819. The van der Waals surface area contributed by atoms with Crippen molar-refractivity contribution in [1.29, 1.82) is 0 Å². The first kappa shape index (κ1) is 19.6. The van der Waals surface area contributed by atoms with Crippen LogP contribution in [0, 0.1) is 0 Å². The highest BCUT2D eigenvalue weighted by atomic mass is 35.5. The number of amides is 1. The summed E-state index contributed by atoms with van der Waals surface area (Å²) in [5.74, 6) is 0.0229. The lowest BCUT2D eigenvalue weighted by molar-refractivity contribution is -0.121. The average molecular weight is 384 g/mol. The average Bonchev–Trinajstić information content (AvgIpc) is 2.70. The van der Waals surface area contributed by atoms with Gasteiger partial charge in [0.2, 0.25) is 5.91 Å². The van der Waals surface area contributed by atoms with Gasteiger partial charge in [0.1, 0.15) is 0 Å². The Hall–Kier alpha value is -2.14. The predicted octanol–water partition coefficient (Wildman–Crippen LogP) is 4.00. The summed E-state index contributed by atoms with van der Waals surface area (Å²) in [5.41, 5.74) is 2.00. The molecule has 0 aliphatic carbocycles. The van der Waals surface area contributed by atoms with Crippen LogP contribution in [0.25, 0.3) is 6.08 Å². The van der Waals surface area contributed by atoms with E-state index in [0.717, 1.165) is 38.4 Å². The molecule has 3 rings (SSSR count). The van der Waals surface area contributed by atoms with Crippen LogP contribution in [0.4, 0.5) is 5.69 Å². The molecule has 1 atom stereocenters. The number of benzene rings is 2. The van der Waals surface area contributed by atoms with Gasteiger partial charge in [-0.05, 0) is 36.8 Å². The Bertz CT molecular complexity index is 753. The molecular formula is C22H26ClN3O. The van der Waals surface area contributed by atoms with Crippen molar-refractivity contribution in [1.82, 2.24) is 9.80 Å². The second-order valence-electron chi connectivity index (χ2n) is 6.82. The number of piperazine rings is 1. The summed E-state index contributed by atoms with van der Waals surface area (Å²) in [6, 6.07) is 17.4. The van der Waals surface area contributed by atoms with Crippen LogP contribution in [0.2, 0.25) is 5.02 Å². The molecule has 27 heavy (non-hydrogen) atoms. The van der Waals surface area contributed by atoms with Gasteiger partial charge in [-0.1, -0.05) is 54.1 Å². The number of carbonyl (C=O) groups excluding carboxylic acids is 1. The summed E-state index contributed by atoms with van der Waals surface area (Å²) in [4.78, 5) is 17.2. The molecule has 142 valence electrons. The zero-order chi connectivity index (χ0) is 19.1. The molecular weight excluding hydrogens is 358 g/mol. The zero-order valence-corrected chi connectivity index (χ0v) is 16.4. The number of hydrogen-bond donors (Lipinski definition) is 1. The van der Waals surface area contributed by atoms with Crippen LogP contribution in [0.15, 0.2) is 60.7 Å². The van der Waals surface area contributed by atoms with Crippen molar-refractivity contribution < 1.29 is 4.79 Å². The Morgan fingerprint density at radius 3 is 2.41 bits per heavy atom. The van der Waals surface area contributed by atoms with Crippen LogP contribution in [0.5, 0.6) is 0 Å². The Kier molecular flexibility index (Phi) is 7.04. The lowest BCUT2D eigenvalue weighted by Gasteiger charge is -2.37. The molecule has 1 aliphatic rings. The second kappa shape index (κ2) is 9.70. The minimum absolute atomic E-state index is 0.0229. The monoisotopic (exact) mass is 383 g/mol.